The van der Waals surface area contributed by atoms with Crippen LogP contribution in [0.3, 0.4) is 0 Å². The van der Waals surface area contributed by atoms with Crippen LogP contribution in [0.1, 0.15) is 187 Å². The highest BCUT2D eigenvalue weighted by molar-refractivity contribution is 5.80. The van der Waals surface area contributed by atoms with E-state index in [4.69, 9.17) is 9.47 Å². The summed E-state index contributed by atoms with van der Waals surface area (Å²) in [4.78, 5) is 13.0. The van der Waals surface area contributed by atoms with E-state index in [1.54, 1.807) is 0 Å². The number of nitrogens with one attached hydrogen (secondary N) is 1. The molecule has 9 atom stereocenters. The number of amides is 1. The van der Waals surface area contributed by atoms with Gasteiger partial charge < -0.3 is 50.5 Å². The first-order chi connectivity index (χ1) is 25.2. The molecule has 0 radical (unpaired) electrons. The lowest BCUT2D eigenvalue weighted by atomic mass is 9.98. The standard InChI is InChI=1S/C41H81NO10/c1-3-5-7-9-11-13-14-15-16-17-18-19-21-23-25-27-29-34(45)40(50)42-32(31-51-41-39(49)38(48)37(47)35(30-43)52-41)36(46)33(44)28-26-24-22-20-12-10-8-6-4-2/h32-39,41,43-49H,3-31H2,1-2H3,(H,42,50). The van der Waals surface area contributed by atoms with Gasteiger partial charge in [-0.25, -0.2) is 0 Å². The van der Waals surface area contributed by atoms with Crippen molar-refractivity contribution in [1.29, 1.82) is 0 Å². The third-order valence-corrected chi connectivity index (χ3v) is 10.7. The molecule has 0 aromatic rings. The van der Waals surface area contributed by atoms with Crippen molar-refractivity contribution in [2.45, 2.75) is 242 Å². The molecule has 310 valence electrons. The molecule has 0 aromatic heterocycles. The van der Waals surface area contributed by atoms with Crippen LogP contribution in [0.5, 0.6) is 0 Å². The molecule has 52 heavy (non-hydrogen) atoms. The maximum Gasteiger partial charge on any atom is 0.249 e. The van der Waals surface area contributed by atoms with Crippen LogP contribution in [0.4, 0.5) is 0 Å². The monoisotopic (exact) mass is 748 g/mol. The number of rotatable bonds is 35. The van der Waals surface area contributed by atoms with Gasteiger partial charge >= 0.3 is 0 Å². The third kappa shape index (κ3) is 22.5. The normalized spacial score (nSPS) is 23.0. The summed E-state index contributed by atoms with van der Waals surface area (Å²) in [6.45, 7) is 3.40. The Hall–Kier alpha value is -0.890. The lowest BCUT2D eigenvalue weighted by molar-refractivity contribution is -0.303. The summed E-state index contributed by atoms with van der Waals surface area (Å²) >= 11 is 0. The minimum atomic E-state index is -1.65. The first kappa shape index (κ1) is 49.1. The second kappa shape index (κ2) is 32.4. The lowest BCUT2D eigenvalue weighted by Crippen LogP contribution is -2.60. The van der Waals surface area contributed by atoms with Crippen molar-refractivity contribution in [3.05, 3.63) is 0 Å². The molecule has 0 bridgehead atoms. The van der Waals surface area contributed by atoms with Crippen molar-refractivity contribution in [2.75, 3.05) is 13.2 Å². The van der Waals surface area contributed by atoms with Gasteiger partial charge in [0.1, 0.15) is 36.6 Å². The fraction of sp³-hybridized carbons (Fsp3) is 0.976. The molecule has 1 rings (SSSR count). The number of hydrogen-bond donors (Lipinski definition) is 8. The number of carbonyl (C=O) groups is 1. The molecule has 1 saturated heterocycles. The van der Waals surface area contributed by atoms with Crippen LogP contribution in [-0.4, -0.2) is 110 Å². The zero-order chi connectivity index (χ0) is 38.4. The largest absolute Gasteiger partial charge is 0.394 e. The molecule has 0 aromatic carbocycles. The number of aliphatic hydroxyl groups is 7. The van der Waals surface area contributed by atoms with E-state index in [0.717, 1.165) is 38.5 Å². The minimum Gasteiger partial charge on any atom is -0.394 e. The van der Waals surface area contributed by atoms with E-state index in [0.29, 0.717) is 19.3 Å². The van der Waals surface area contributed by atoms with Crippen LogP contribution in [0, 0.1) is 0 Å². The summed E-state index contributed by atoms with van der Waals surface area (Å²) in [6.07, 6.45) is 18.8. The van der Waals surface area contributed by atoms with E-state index in [2.05, 4.69) is 19.2 Å². The molecule has 11 nitrogen and oxygen atoms in total. The van der Waals surface area contributed by atoms with Gasteiger partial charge in [-0.2, -0.15) is 0 Å². The Morgan fingerprint density at radius 1 is 0.596 bits per heavy atom. The Morgan fingerprint density at radius 2 is 1.00 bits per heavy atom. The summed E-state index contributed by atoms with van der Waals surface area (Å²) in [7, 11) is 0. The molecule has 8 N–H and O–H groups in total. The summed E-state index contributed by atoms with van der Waals surface area (Å²) in [6, 6.07) is -1.16. The van der Waals surface area contributed by atoms with Crippen LogP contribution < -0.4 is 5.32 Å². The van der Waals surface area contributed by atoms with Crippen LogP contribution in [0.15, 0.2) is 0 Å². The van der Waals surface area contributed by atoms with E-state index in [1.165, 1.54) is 109 Å². The number of hydrogen-bond acceptors (Lipinski definition) is 10. The zero-order valence-corrected chi connectivity index (χ0v) is 33.1. The molecular formula is C41H81NO10. The van der Waals surface area contributed by atoms with Crippen LogP contribution >= 0.6 is 0 Å². The Kier molecular flexibility index (Phi) is 30.6. The first-order valence-corrected chi connectivity index (χ1v) is 21.4. The molecule has 9 unspecified atom stereocenters. The van der Waals surface area contributed by atoms with Crippen molar-refractivity contribution < 1.29 is 50.0 Å². The second-order valence-corrected chi connectivity index (χ2v) is 15.4. The maximum atomic E-state index is 13.0. The van der Waals surface area contributed by atoms with Crippen molar-refractivity contribution in [3.63, 3.8) is 0 Å². The fourth-order valence-electron chi connectivity index (χ4n) is 7.03. The highest BCUT2D eigenvalue weighted by Crippen LogP contribution is 2.23. The highest BCUT2D eigenvalue weighted by atomic mass is 16.7. The van der Waals surface area contributed by atoms with Gasteiger partial charge in [0.05, 0.1) is 25.4 Å². The van der Waals surface area contributed by atoms with Gasteiger partial charge in [0.15, 0.2) is 6.29 Å². The molecular weight excluding hydrogens is 666 g/mol. The van der Waals surface area contributed by atoms with Gasteiger partial charge in [-0.3, -0.25) is 4.79 Å². The second-order valence-electron chi connectivity index (χ2n) is 15.4. The molecule has 0 saturated carbocycles. The molecule has 11 heteroatoms. The van der Waals surface area contributed by atoms with Crippen molar-refractivity contribution in [2.24, 2.45) is 0 Å². The smallest absolute Gasteiger partial charge is 0.249 e. The van der Waals surface area contributed by atoms with Crippen LogP contribution in [0.25, 0.3) is 0 Å². The van der Waals surface area contributed by atoms with Crippen molar-refractivity contribution >= 4 is 5.91 Å². The maximum absolute atomic E-state index is 13.0. The molecule has 1 aliphatic rings. The van der Waals surface area contributed by atoms with Crippen molar-refractivity contribution in [3.8, 4) is 0 Å². The van der Waals surface area contributed by atoms with E-state index in [-0.39, 0.29) is 6.42 Å². The van der Waals surface area contributed by atoms with E-state index >= 15 is 0 Å². The van der Waals surface area contributed by atoms with E-state index < -0.39 is 74.2 Å². The lowest BCUT2D eigenvalue weighted by Gasteiger charge is -2.40. The van der Waals surface area contributed by atoms with Gasteiger partial charge in [0, 0.05) is 0 Å². The summed E-state index contributed by atoms with van der Waals surface area (Å²) in [5.41, 5.74) is 0. The van der Waals surface area contributed by atoms with Gasteiger partial charge in [-0.15, -0.1) is 0 Å². The summed E-state index contributed by atoms with van der Waals surface area (Å²) in [5, 5.41) is 75.3. The summed E-state index contributed by atoms with van der Waals surface area (Å²) in [5.74, 6) is -0.697. The average Bonchev–Trinajstić information content (AvgIpc) is 3.14. The Labute approximate surface area is 316 Å². The van der Waals surface area contributed by atoms with Gasteiger partial charge in [0.25, 0.3) is 0 Å². The highest BCUT2D eigenvalue weighted by Gasteiger charge is 2.44. The number of ether oxygens (including phenoxy) is 2. The van der Waals surface area contributed by atoms with Crippen LogP contribution in [-0.2, 0) is 14.3 Å². The third-order valence-electron chi connectivity index (χ3n) is 10.7. The SMILES string of the molecule is CCCCCCCCCCCCCCCCCCC(O)C(=O)NC(COC1OC(CO)C(O)C(O)C1O)C(O)C(O)CCCCCCCCCCC. The average molecular weight is 748 g/mol. The zero-order valence-electron chi connectivity index (χ0n) is 33.1. The topological polar surface area (TPSA) is 189 Å². The van der Waals surface area contributed by atoms with Gasteiger partial charge in [-0.05, 0) is 12.8 Å². The number of aliphatic hydroxyl groups excluding tert-OH is 7. The number of carbonyl (C=O) groups excluding carboxylic acids is 1. The van der Waals surface area contributed by atoms with E-state index in [1.807, 2.05) is 0 Å². The Morgan fingerprint density at radius 3 is 1.42 bits per heavy atom. The first-order valence-electron chi connectivity index (χ1n) is 21.4. The predicted octanol–water partition coefficient (Wildman–Crippen LogP) is 5.94. The molecule has 1 aliphatic heterocycles. The Balaban J connectivity index is 2.46. The van der Waals surface area contributed by atoms with Crippen molar-refractivity contribution in [1.82, 2.24) is 5.32 Å². The fourth-order valence-corrected chi connectivity index (χ4v) is 7.03. The number of unbranched alkanes of at least 4 members (excludes halogenated alkanes) is 23. The molecule has 1 amide bonds. The minimum absolute atomic E-state index is 0.266. The van der Waals surface area contributed by atoms with Crippen LogP contribution in [0.2, 0.25) is 0 Å². The van der Waals surface area contributed by atoms with Gasteiger partial charge in [0.2, 0.25) is 5.91 Å². The molecule has 0 spiro atoms. The van der Waals surface area contributed by atoms with E-state index in [9.17, 15) is 40.5 Å². The summed E-state index contributed by atoms with van der Waals surface area (Å²) < 4.78 is 11.0. The molecule has 1 heterocycles. The molecule has 1 fully saturated rings. The quantitative estimate of drug-likeness (QED) is 0.0360. The molecule has 0 aliphatic carbocycles. The Bertz CT molecular complexity index is 820. The van der Waals surface area contributed by atoms with Gasteiger partial charge in [-0.1, -0.05) is 174 Å². The predicted molar refractivity (Wildman–Crippen MR) is 206 cm³/mol.